The van der Waals surface area contributed by atoms with Gasteiger partial charge >= 0.3 is 0 Å². The van der Waals surface area contributed by atoms with Gasteiger partial charge < -0.3 is 11.1 Å². The van der Waals surface area contributed by atoms with E-state index in [0.29, 0.717) is 17.1 Å². The van der Waals surface area contributed by atoms with Gasteiger partial charge in [-0.1, -0.05) is 18.3 Å². The van der Waals surface area contributed by atoms with Crippen molar-refractivity contribution in [3.05, 3.63) is 42.0 Å². The Hall–Kier alpha value is -2.54. The summed E-state index contributed by atoms with van der Waals surface area (Å²) in [6.07, 6.45) is 4.84. The summed E-state index contributed by atoms with van der Waals surface area (Å²) >= 11 is 1.33. The van der Waals surface area contributed by atoms with Crippen LogP contribution in [0.2, 0.25) is 0 Å². The first-order valence-electron chi connectivity index (χ1n) is 6.70. The van der Waals surface area contributed by atoms with Gasteiger partial charge in [-0.3, -0.25) is 14.6 Å². The quantitative estimate of drug-likeness (QED) is 0.825. The largest absolute Gasteiger partial charge is 0.394 e. The van der Waals surface area contributed by atoms with Crippen LogP contribution in [0.3, 0.4) is 0 Å². The highest BCUT2D eigenvalue weighted by Gasteiger charge is 2.14. The zero-order chi connectivity index (χ0) is 16.1. The van der Waals surface area contributed by atoms with Crippen LogP contribution in [0.25, 0.3) is 10.6 Å². The molecule has 114 valence electrons. The molecule has 2 aromatic heterocycles. The number of aryl methyl sites for hydroxylation is 1. The first-order valence-corrected chi connectivity index (χ1v) is 7.52. The topological polar surface area (TPSA) is 98.0 Å². The van der Waals surface area contributed by atoms with Crippen molar-refractivity contribution < 1.29 is 9.59 Å². The Labute approximate surface area is 132 Å². The highest BCUT2D eigenvalue weighted by Crippen LogP contribution is 2.31. The van der Waals surface area contributed by atoms with Crippen LogP contribution in [0, 0.1) is 6.92 Å². The molecule has 0 spiro atoms. The molecule has 2 aromatic rings. The minimum absolute atomic E-state index is 0.109. The van der Waals surface area contributed by atoms with Gasteiger partial charge in [0.1, 0.15) is 15.7 Å². The van der Waals surface area contributed by atoms with Gasteiger partial charge in [0.25, 0.3) is 5.91 Å². The van der Waals surface area contributed by atoms with Gasteiger partial charge in [-0.25, -0.2) is 4.98 Å². The summed E-state index contributed by atoms with van der Waals surface area (Å²) in [4.78, 5) is 31.7. The Morgan fingerprint density at radius 3 is 2.86 bits per heavy atom. The number of ketones is 1. The lowest BCUT2D eigenvalue weighted by Gasteiger charge is -2.02. The normalized spacial score (nSPS) is 11.3. The number of hydrogen-bond acceptors (Lipinski definition) is 6. The summed E-state index contributed by atoms with van der Waals surface area (Å²) in [7, 11) is 0. The summed E-state index contributed by atoms with van der Waals surface area (Å²) in [6.45, 7) is 3.50. The number of amides is 1. The molecule has 0 saturated carbocycles. The van der Waals surface area contributed by atoms with E-state index in [1.54, 1.807) is 26.2 Å². The van der Waals surface area contributed by atoms with Crippen molar-refractivity contribution in [3.63, 3.8) is 0 Å². The van der Waals surface area contributed by atoms with E-state index in [9.17, 15) is 9.59 Å². The van der Waals surface area contributed by atoms with Crippen LogP contribution in [0.4, 0.5) is 5.00 Å². The minimum atomic E-state index is -0.508. The van der Waals surface area contributed by atoms with Crippen molar-refractivity contribution in [3.8, 4) is 10.6 Å². The second kappa shape index (κ2) is 6.95. The van der Waals surface area contributed by atoms with Crippen molar-refractivity contribution in [1.29, 1.82) is 0 Å². The molecule has 0 fully saturated rings. The predicted molar refractivity (Wildman–Crippen MR) is 86.3 cm³/mol. The van der Waals surface area contributed by atoms with Crippen LogP contribution in [-0.2, 0) is 9.59 Å². The molecular weight excluding hydrogens is 300 g/mol. The van der Waals surface area contributed by atoms with Gasteiger partial charge in [-0.15, -0.1) is 0 Å². The van der Waals surface area contributed by atoms with Crippen molar-refractivity contribution in [2.45, 2.75) is 20.3 Å². The molecule has 22 heavy (non-hydrogen) atoms. The lowest BCUT2D eigenvalue weighted by atomic mass is 10.2. The van der Waals surface area contributed by atoms with Gasteiger partial charge in [0.05, 0.1) is 5.69 Å². The number of nitrogens with two attached hydrogens (primary N) is 1. The summed E-state index contributed by atoms with van der Waals surface area (Å²) in [5, 5.41) is 4.04. The molecule has 0 aromatic carbocycles. The first kappa shape index (κ1) is 15.8. The average Bonchev–Trinajstić information content (AvgIpc) is 2.89. The Kier molecular flexibility index (Phi) is 5.00. The molecule has 1 amide bonds. The fraction of sp³-hybridized carbons (Fsp3) is 0.200. The SMILES string of the molecule is CCC(=O)C=C(N)C(=O)Nc1sc(-c2cccnc2)nc1C. The third-order valence-electron chi connectivity index (χ3n) is 2.86. The van der Waals surface area contributed by atoms with Crippen LogP contribution in [-0.4, -0.2) is 21.7 Å². The number of carbonyl (C=O) groups is 2. The smallest absolute Gasteiger partial charge is 0.272 e. The van der Waals surface area contributed by atoms with E-state index in [4.69, 9.17) is 5.73 Å². The number of nitrogens with zero attached hydrogens (tertiary/aromatic N) is 2. The van der Waals surface area contributed by atoms with E-state index >= 15 is 0 Å². The lowest BCUT2D eigenvalue weighted by molar-refractivity contribution is -0.116. The Balaban J connectivity index is 2.17. The molecule has 0 saturated heterocycles. The minimum Gasteiger partial charge on any atom is -0.394 e. The molecule has 0 aliphatic heterocycles. The fourth-order valence-electron chi connectivity index (χ4n) is 1.64. The Morgan fingerprint density at radius 2 is 2.23 bits per heavy atom. The van der Waals surface area contributed by atoms with Crippen molar-refractivity contribution >= 4 is 28.0 Å². The number of thiazole rings is 1. The number of aromatic nitrogens is 2. The number of hydrogen-bond donors (Lipinski definition) is 2. The monoisotopic (exact) mass is 316 g/mol. The first-order chi connectivity index (χ1) is 10.5. The fourth-order valence-corrected chi connectivity index (χ4v) is 2.59. The molecule has 3 N–H and O–H groups in total. The van der Waals surface area contributed by atoms with E-state index in [1.165, 1.54) is 11.3 Å². The molecule has 0 radical (unpaired) electrons. The number of carbonyl (C=O) groups excluding carboxylic acids is 2. The molecule has 0 aliphatic carbocycles. The summed E-state index contributed by atoms with van der Waals surface area (Å²) in [6, 6.07) is 3.71. The predicted octanol–water partition coefficient (Wildman–Crippen LogP) is 2.27. The molecule has 2 rings (SSSR count). The second-order valence-electron chi connectivity index (χ2n) is 4.55. The van der Waals surface area contributed by atoms with Gasteiger partial charge in [-0.2, -0.15) is 0 Å². The number of rotatable bonds is 5. The summed E-state index contributed by atoms with van der Waals surface area (Å²) < 4.78 is 0. The molecule has 2 heterocycles. The van der Waals surface area contributed by atoms with Gasteiger partial charge in [0.15, 0.2) is 5.78 Å². The van der Waals surface area contributed by atoms with Crippen LogP contribution in [0.5, 0.6) is 0 Å². The number of allylic oxidation sites excluding steroid dienone is 1. The van der Waals surface area contributed by atoms with E-state index in [0.717, 1.165) is 16.6 Å². The molecule has 7 heteroatoms. The van der Waals surface area contributed by atoms with Crippen LogP contribution in [0.15, 0.2) is 36.3 Å². The Bertz CT molecular complexity index is 722. The van der Waals surface area contributed by atoms with Gasteiger partial charge in [-0.05, 0) is 19.1 Å². The molecule has 0 unspecified atom stereocenters. The third-order valence-corrected chi connectivity index (χ3v) is 3.98. The van der Waals surface area contributed by atoms with E-state index in [1.807, 2.05) is 12.1 Å². The van der Waals surface area contributed by atoms with Crippen molar-refractivity contribution in [2.75, 3.05) is 5.32 Å². The maximum Gasteiger partial charge on any atom is 0.272 e. The molecule has 0 aliphatic rings. The molecule has 0 atom stereocenters. The third kappa shape index (κ3) is 3.76. The number of pyridine rings is 1. The van der Waals surface area contributed by atoms with Crippen LogP contribution in [0.1, 0.15) is 19.0 Å². The highest BCUT2D eigenvalue weighted by molar-refractivity contribution is 7.19. The number of nitrogens with one attached hydrogen (secondary N) is 1. The van der Waals surface area contributed by atoms with Gasteiger partial charge in [0.2, 0.25) is 0 Å². The molecular formula is C15H16N4O2S. The zero-order valence-electron chi connectivity index (χ0n) is 12.3. The summed E-state index contributed by atoms with van der Waals surface area (Å²) in [5.41, 5.74) is 7.07. The van der Waals surface area contributed by atoms with Crippen molar-refractivity contribution in [1.82, 2.24) is 9.97 Å². The molecule has 0 bridgehead atoms. The van der Waals surface area contributed by atoms with E-state index in [-0.39, 0.29) is 11.5 Å². The molecule has 6 nitrogen and oxygen atoms in total. The summed E-state index contributed by atoms with van der Waals surface area (Å²) in [5.74, 6) is -0.698. The maximum absolute atomic E-state index is 12.0. The maximum atomic E-state index is 12.0. The van der Waals surface area contributed by atoms with Gasteiger partial charge in [0, 0.05) is 30.5 Å². The van der Waals surface area contributed by atoms with Crippen LogP contribution >= 0.6 is 11.3 Å². The number of anilines is 1. The second-order valence-corrected chi connectivity index (χ2v) is 5.55. The van der Waals surface area contributed by atoms with Crippen molar-refractivity contribution in [2.24, 2.45) is 5.73 Å². The average molecular weight is 316 g/mol. The van der Waals surface area contributed by atoms with Crippen LogP contribution < -0.4 is 11.1 Å². The van der Waals surface area contributed by atoms with E-state index < -0.39 is 5.91 Å². The highest BCUT2D eigenvalue weighted by atomic mass is 32.1. The lowest BCUT2D eigenvalue weighted by Crippen LogP contribution is -2.21. The standard InChI is InChI=1S/C15H16N4O2S/c1-3-11(20)7-12(16)13(21)19-14-9(2)18-15(22-14)10-5-4-6-17-8-10/h4-8H,3,16H2,1-2H3,(H,19,21). The van der Waals surface area contributed by atoms with E-state index in [2.05, 4.69) is 15.3 Å². The zero-order valence-corrected chi connectivity index (χ0v) is 13.1. The Morgan fingerprint density at radius 1 is 1.45 bits per heavy atom.